The zero-order valence-corrected chi connectivity index (χ0v) is 11.9. The van der Waals surface area contributed by atoms with Gasteiger partial charge in [-0.25, -0.2) is 0 Å². The number of hydrogen-bond donors (Lipinski definition) is 1. The summed E-state index contributed by atoms with van der Waals surface area (Å²) in [7, 11) is 1.60. The van der Waals surface area contributed by atoms with Gasteiger partial charge in [0.25, 0.3) is 0 Å². The highest BCUT2D eigenvalue weighted by Gasteiger charge is 2.17. The lowest BCUT2D eigenvalue weighted by Gasteiger charge is -2.20. The molecule has 5 heteroatoms. The zero-order chi connectivity index (χ0) is 13.7. The summed E-state index contributed by atoms with van der Waals surface area (Å²) in [5.74, 6) is 0.843. The van der Waals surface area contributed by atoms with Gasteiger partial charge in [-0.1, -0.05) is 11.6 Å². The molecule has 0 spiro atoms. The van der Waals surface area contributed by atoms with Crippen LogP contribution in [0.2, 0.25) is 5.02 Å². The normalized spacial score (nSPS) is 16.0. The first kappa shape index (κ1) is 14.2. The van der Waals surface area contributed by atoms with Crippen LogP contribution in [0.3, 0.4) is 0 Å². The Balaban J connectivity index is 2.07. The Morgan fingerprint density at radius 1 is 1.42 bits per heavy atom. The summed E-state index contributed by atoms with van der Waals surface area (Å²) in [5, 5.41) is 3.91. The summed E-state index contributed by atoms with van der Waals surface area (Å²) in [6, 6.07) is 5.37. The molecule has 19 heavy (non-hydrogen) atoms. The van der Waals surface area contributed by atoms with E-state index in [1.807, 2.05) is 4.90 Å². The molecule has 0 unspecified atom stereocenters. The maximum absolute atomic E-state index is 12.3. The van der Waals surface area contributed by atoms with Crippen molar-refractivity contribution in [1.82, 2.24) is 10.2 Å². The highest BCUT2D eigenvalue weighted by Crippen LogP contribution is 2.23. The van der Waals surface area contributed by atoms with E-state index in [4.69, 9.17) is 16.3 Å². The van der Waals surface area contributed by atoms with Gasteiger partial charge in [-0.3, -0.25) is 4.79 Å². The molecule has 1 fully saturated rings. The zero-order valence-electron chi connectivity index (χ0n) is 11.1. The van der Waals surface area contributed by atoms with Gasteiger partial charge >= 0.3 is 0 Å². The molecule has 1 aromatic rings. The van der Waals surface area contributed by atoms with Gasteiger partial charge in [0.1, 0.15) is 5.75 Å². The van der Waals surface area contributed by atoms with E-state index in [-0.39, 0.29) is 5.91 Å². The van der Waals surface area contributed by atoms with Crippen molar-refractivity contribution in [2.75, 3.05) is 33.3 Å². The number of nitrogens with zero attached hydrogens (tertiary/aromatic N) is 1. The van der Waals surface area contributed by atoms with Crippen molar-refractivity contribution >= 4 is 17.5 Å². The van der Waals surface area contributed by atoms with E-state index in [9.17, 15) is 4.79 Å². The highest BCUT2D eigenvalue weighted by atomic mass is 35.5. The van der Waals surface area contributed by atoms with Crippen molar-refractivity contribution < 1.29 is 9.53 Å². The van der Waals surface area contributed by atoms with Crippen LogP contribution in [0.5, 0.6) is 5.75 Å². The largest absolute Gasteiger partial charge is 0.496 e. The van der Waals surface area contributed by atoms with Crippen molar-refractivity contribution in [2.45, 2.75) is 12.8 Å². The van der Waals surface area contributed by atoms with E-state index in [0.717, 1.165) is 38.2 Å². The van der Waals surface area contributed by atoms with Crippen LogP contribution in [-0.2, 0) is 11.2 Å². The third-order valence-corrected chi connectivity index (χ3v) is 3.51. The standard InChI is InChI=1S/C14H19ClN2O2/c1-19-13-4-3-12(15)9-11(13)10-14(18)17-7-2-5-16-6-8-17/h3-4,9,16H,2,5-8,10H2,1H3. The maximum atomic E-state index is 12.3. The van der Waals surface area contributed by atoms with E-state index < -0.39 is 0 Å². The summed E-state index contributed by atoms with van der Waals surface area (Å²) in [5.41, 5.74) is 0.845. The minimum Gasteiger partial charge on any atom is -0.496 e. The summed E-state index contributed by atoms with van der Waals surface area (Å²) in [4.78, 5) is 14.2. The second-order valence-electron chi connectivity index (χ2n) is 4.62. The molecule has 0 atom stereocenters. The molecule has 104 valence electrons. The van der Waals surface area contributed by atoms with Gasteiger partial charge in [-0.15, -0.1) is 0 Å². The van der Waals surface area contributed by atoms with Crippen LogP contribution >= 0.6 is 11.6 Å². The smallest absolute Gasteiger partial charge is 0.227 e. The van der Waals surface area contributed by atoms with Crippen LogP contribution in [0.1, 0.15) is 12.0 Å². The number of halogens is 1. The van der Waals surface area contributed by atoms with E-state index in [0.29, 0.717) is 17.2 Å². The van der Waals surface area contributed by atoms with Gasteiger partial charge in [0.05, 0.1) is 13.5 Å². The SMILES string of the molecule is COc1ccc(Cl)cc1CC(=O)N1CCCNCC1. The number of hydrogen-bond acceptors (Lipinski definition) is 3. The number of carbonyl (C=O) groups is 1. The monoisotopic (exact) mass is 282 g/mol. The molecule has 1 aromatic carbocycles. The predicted molar refractivity (Wildman–Crippen MR) is 75.8 cm³/mol. The van der Waals surface area contributed by atoms with Crippen molar-refractivity contribution in [1.29, 1.82) is 0 Å². The van der Waals surface area contributed by atoms with Crippen LogP contribution in [0.25, 0.3) is 0 Å². The molecule has 1 aliphatic heterocycles. The summed E-state index contributed by atoms with van der Waals surface area (Å²) < 4.78 is 5.27. The fourth-order valence-corrected chi connectivity index (χ4v) is 2.45. The first-order valence-corrected chi connectivity index (χ1v) is 6.89. The molecule has 2 rings (SSSR count). The summed E-state index contributed by atoms with van der Waals surface area (Å²) in [6.07, 6.45) is 1.34. The summed E-state index contributed by atoms with van der Waals surface area (Å²) in [6.45, 7) is 3.42. The second-order valence-corrected chi connectivity index (χ2v) is 5.05. The lowest BCUT2D eigenvalue weighted by atomic mass is 10.1. The third-order valence-electron chi connectivity index (χ3n) is 3.28. The number of benzene rings is 1. The number of amides is 1. The quantitative estimate of drug-likeness (QED) is 0.918. The molecule has 0 saturated carbocycles. The number of rotatable bonds is 3. The van der Waals surface area contributed by atoms with Crippen LogP contribution in [0.4, 0.5) is 0 Å². The van der Waals surface area contributed by atoms with E-state index in [2.05, 4.69) is 5.32 Å². The molecular formula is C14H19ClN2O2. The van der Waals surface area contributed by atoms with Crippen LogP contribution in [0, 0.1) is 0 Å². The number of nitrogens with one attached hydrogen (secondary N) is 1. The van der Waals surface area contributed by atoms with Gasteiger partial charge in [0, 0.05) is 30.2 Å². The molecule has 1 N–H and O–H groups in total. The highest BCUT2D eigenvalue weighted by molar-refractivity contribution is 6.30. The molecule has 0 aliphatic carbocycles. The second kappa shape index (κ2) is 6.78. The molecule has 4 nitrogen and oxygen atoms in total. The minimum absolute atomic E-state index is 0.129. The Labute approximate surface area is 118 Å². The van der Waals surface area contributed by atoms with Crippen molar-refractivity contribution in [3.8, 4) is 5.75 Å². The van der Waals surface area contributed by atoms with E-state index >= 15 is 0 Å². The predicted octanol–water partition coefficient (Wildman–Crippen LogP) is 1.71. The lowest BCUT2D eigenvalue weighted by Crippen LogP contribution is -2.35. The van der Waals surface area contributed by atoms with Crippen LogP contribution < -0.4 is 10.1 Å². The van der Waals surface area contributed by atoms with Gasteiger partial charge in [-0.05, 0) is 31.2 Å². The molecule has 0 radical (unpaired) electrons. The number of methoxy groups -OCH3 is 1. The number of carbonyl (C=O) groups excluding carboxylic acids is 1. The van der Waals surface area contributed by atoms with Gasteiger partial charge in [0.15, 0.2) is 0 Å². The van der Waals surface area contributed by atoms with Crippen molar-refractivity contribution in [3.63, 3.8) is 0 Å². The van der Waals surface area contributed by atoms with Crippen LogP contribution in [0.15, 0.2) is 18.2 Å². The topological polar surface area (TPSA) is 41.6 Å². The van der Waals surface area contributed by atoms with Crippen LogP contribution in [-0.4, -0.2) is 44.1 Å². The molecular weight excluding hydrogens is 264 g/mol. The minimum atomic E-state index is 0.129. The first-order valence-electron chi connectivity index (χ1n) is 6.51. The Hall–Kier alpha value is -1.26. The molecule has 1 amide bonds. The summed E-state index contributed by atoms with van der Waals surface area (Å²) >= 11 is 5.98. The van der Waals surface area contributed by atoms with Gasteiger partial charge in [-0.2, -0.15) is 0 Å². The average Bonchev–Trinajstić information content (AvgIpc) is 2.68. The number of ether oxygens (including phenoxy) is 1. The first-order chi connectivity index (χ1) is 9.20. The molecule has 0 aromatic heterocycles. The van der Waals surface area contributed by atoms with Gasteiger partial charge < -0.3 is 15.0 Å². The fraction of sp³-hybridized carbons (Fsp3) is 0.500. The van der Waals surface area contributed by atoms with Crippen molar-refractivity contribution in [2.24, 2.45) is 0 Å². The van der Waals surface area contributed by atoms with E-state index in [1.54, 1.807) is 25.3 Å². The molecule has 0 bridgehead atoms. The van der Waals surface area contributed by atoms with E-state index in [1.165, 1.54) is 0 Å². The molecule has 1 aliphatic rings. The maximum Gasteiger partial charge on any atom is 0.227 e. The average molecular weight is 283 g/mol. The molecule has 1 saturated heterocycles. The molecule has 1 heterocycles. The Morgan fingerprint density at radius 2 is 2.26 bits per heavy atom. The third kappa shape index (κ3) is 3.85. The lowest BCUT2D eigenvalue weighted by molar-refractivity contribution is -0.130. The Morgan fingerprint density at radius 3 is 3.05 bits per heavy atom. The fourth-order valence-electron chi connectivity index (χ4n) is 2.26. The Kier molecular flexibility index (Phi) is 5.05. The van der Waals surface area contributed by atoms with Gasteiger partial charge in [0.2, 0.25) is 5.91 Å². The Bertz CT molecular complexity index is 443. The van der Waals surface area contributed by atoms with Crippen molar-refractivity contribution in [3.05, 3.63) is 28.8 Å².